The number of aryl methyl sites for hydroxylation is 1. The molecular weight excluding hydrogens is 350 g/mol. The van der Waals surface area contributed by atoms with Crippen molar-refractivity contribution < 1.29 is 4.79 Å². The molecule has 0 bridgehead atoms. The van der Waals surface area contributed by atoms with Gasteiger partial charge in [-0.3, -0.25) is 9.69 Å². The Morgan fingerprint density at radius 2 is 2.00 bits per heavy atom. The molecular formula is C22H31N5O. The number of fused-ring (bicyclic) bond motifs is 1. The van der Waals surface area contributed by atoms with Crippen molar-refractivity contribution in [3.05, 3.63) is 30.1 Å². The predicted molar refractivity (Wildman–Crippen MR) is 112 cm³/mol. The van der Waals surface area contributed by atoms with Gasteiger partial charge in [0.2, 0.25) is 5.91 Å². The summed E-state index contributed by atoms with van der Waals surface area (Å²) in [6, 6.07) is 6.68. The molecule has 2 fully saturated rings. The SMILES string of the molecule is Cc1ccc2ncnc(N3CCN(CC(=O)NC4CCCC(C)C4)CC3)c2c1. The second-order valence-corrected chi connectivity index (χ2v) is 8.52. The van der Waals surface area contributed by atoms with E-state index in [1.807, 2.05) is 0 Å². The third-order valence-electron chi connectivity index (χ3n) is 6.11. The highest BCUT2D eigenvalue weighted by atomic mass is 16.2. The average Bonchev–Trinajstić information content (AvgIpc) is 2.68. The van der Waals surface area contributed by atoms with Gasteiger partial charge in [-0.25, -0.2) is 9.97 Å². The molecule has 28 heavy (non-hydrogen) atoms. The first-order chi connectivity index (χ1) is 13.6. The summed E-state index contributed by atoms with van der Waals surface area (Å²) in [5.41, 5.74) is 2.20. The van der Waals surface area contributed by atoms with Crippen LogP contribution in [-0.4, -0.2) is 59.5 Å². The molecule has 1 saturated heterocycles. The summed E-state index contributed by atoms with van der Waals surface area (Å²) in [6.45, 7) is 8.41. The molecule has 0 spiro atoms. The van der Waals surface area contributed by atoms with E-state index in [9.17, 15) is 4.79 Å². The van der Waals surface area contributed by atoms with E-state index in [2.05, 4.69) is 57.1 Å². The van der Waals surface area contributed by atoms with E-state index in [1.54, 1.807) is 6.33 Å². The van der Waals surface area contributed by atoms with Gasteiger partial charge in [0.15, 0.2) is 0 Å². The summed E-state index contributed by atoms with van der Waals surface area (Å²) in [5, 5.41) is 4.37. The molecule has 1 N–H and O–H groups in total. The van der Waals surface area contributed by atoms with Crippen LogP contribution in [0.15, 0.2) is 24.5 Å². The summed E-state index contributed by atoms with van der Waals surface area (Å²) in [6.07, 6.45) is 6.44. The van der Waals surface area contributed by atoms with Crippen molar-refractivity contribution in [2.45, 2.75) is 45.6 Å². The number of aromatic nitrogens is 2. The number of benzene rings is 1. The van der Waals surface area contributed by atoms with Gasteiger partial charge >= 0.3 is 0 Å². The molecule has 2 aliphatic rings. The molecule has 2 atom stereocenters. The number of nitrogens with zero attached hydrogens (tertiary/aromatic N) is 4. The standard InChI is InChI=1S/C22H31N5O/c1-16-4-3-5-18(12-16)25-21(28)14-26-8-10-27(11-9-26)22-19-13-17(2)6-7-20(19)23-15-24-22/h6-7,13,15-16,18H,3-5,8-12,14H2,1-2H3,(H,25,28). The van der Waals surface area contributed by atoms with Crippen molar-refractivity contribution in [3.63, 3.8) is 0 Å². The van der Waals surface area contributed by atoms with Crippen LogP contribution in [0.25, 0.3) is 10.9 Å². The van der Waals surface area contributed by atoms with Gasteiger partial charge < -0.3 is 10.2 Å². The maximum atomic E-state index is 12.5. The Hall–Kier alpha value is -2.21. The maximum Gasteiger partial charge on any atom is 0.234 e. The highest BCUT2D eigenvalue weighted by molar-refractivity contribution is 5.89. The second kappa shape index (κ2) is 8.43. The molecule has 2 unspecified atom stereocenters. The van der Waals surface area contributed by atoms with Gasteiger partial charge in [-0.05, 0) is 37.8 Å². The zero-order valence-electron chi connectivity index (χ0n) is 17.0. The normalized spacial score (nSPS) is 23.7. The predicted octanol–water partition coefficient (Wildman–Crippen LogP) is 2.76. The topological polar surface area (TPSA) is 61.4 Å². The van der Waals surface area contributed by atoms with Crippen molar-refractivity contribution in [3.8, 4) is 0 Å². The van der Waals surface area contributed by atoms with Crippen LogP contribution in [0, 0.1) is 12.8 Å². The first kappa shape index (κ1) is 19.1. The number of carbonyl (C=O) groups excluding carboxylic acids is 1. The Balaban J connectivity index is 1.32. The maximum absolute atomic E-state index is 12.5. The molecule has 6 nitrogen and oxygen atoms in total. The second-order valence-electron chi connectivity index (χ2n) is 8.52. The van der Waals surface area contributed by atoms with E-state index in [0.29, 0.717) is 12.6 Å². The van der Waals surface area contributed by atoms with Crippen molar-refractivity contribution in [1.82, 2.24) is 20.2 Å². The lowest BCUT2D eigenvalue weighted by molar-refractivity contribution is -0.123. The van der Waals surface area contributed by atoms with Crippen molar-refractivity contribution >= 4 is 22.6 Å². The highest BCUT2D eigenvalue weighted by Crippen LogP contribution is 2.25. The van der Waals surface area contributed by atoms with Gasteiger partial charge in [-0.1, -0.05) is 31.4 Å². The summed E-state index contributed by atoms with van der Waals surface area (Å²) in [4.78, 5) is 26.0. The first-order valence-corrected chi connectivity index (χ1v) is 10.6. The molecule has 1 aromatic carbocycles. The van der Waals surface area contributed by atoms with Gasteiger partial charge in [0.1, 0.15) is 12.1 Å². The molecule has 150 valence electrons. The third-order valence-corrected chi connectivity index (χ3v) is 6.11. The lowest BCUT2D eigenvalue weighted by Gasteiger charge is -2.36. The fourth-order valence-corrected chi connectivity index (χ4v) is 4.57. The average molecular weight is 382 g/mol. The first-order valence-electron chi connectivity index (χ1n) is 10.6. The molecule has 2 heterocycles. The third kappa shape index (κ3) is 4.43. The zero-order chi connectivity index (χ0) is 19.5. The lowest BCUT2D eigenvalue weighted by atomic mass is 9.87. The number of rotatable bonds is 4. The van der Waals surface area contributed by atoms with E-state index in [4.69, 9.17) is 0 Å². The smallest absolute Gasteiger partial charge is 0.234 e. The molecule has 1 amide bonds. The molecule has 0 radical (unpaired) electrons. The van der Waals surface area contributed by atoms with Gasteiger partial charge in [0.05, 0.1) is 12.1 Å². The zero-order valence-corrected chi connectivity index (χ0v) is 17.0. The number of piperazine rings is 1. The van der Waals surface area contributed by atoms with Crippen molar-refractivity contribution in [1.29, 1.82) is 0 Å². The molecule has 1 aromatic heterocycles. The van der Waals surface area contributed by atoms with E-state index >= 15 is 0 Å². The van der Waals surface area contributed by atoms with E-state index in [-0.39, 0.29) is 5.91 Å². The van der Waals surface area contributed by atoms with E-state index < -0.39 is 0 Å². The van der Waals surface area contributed by atoms with Crippen LogP contribution in [0.3, 0.4) is 0 Å². The number of carbonyl (C=O) groups is 1. The Morgan fingerprint density at radius 3 is 2.79 bits per heavy atom. The molecule has 2 aromatic rings. The van der Waals surface area contributed by atoms with Crippen LogP contribution in [0.5, 0.6) is 0 Å². The highest BCUT2D eigenvalue weighted by Gasteiger charge is 2.24. The fourth-order valence-electron chi connectivity index (χ4n) is 4.57. The van der Waals surface area contributed by atoms with E-state index in [0.717, 1.165) is 61.7 Å². The summed E-state index contributed by atoms with van der Waals surface area (Å²) >= 11 is 0. The summed E-state index contributed by atoms with van der Waals surface area (Å²) < 4.78 is 0. The minimum absolute atomic E-state index is 0.177. The van der Waals surface area contributed by atoms with Crippen molar-refractivity contribution in [2.24, 2.45) is 5.92 Å². The largest absolute Gasteiger partial charge is 0.353 e. The Morgan fingerprint density at radius 1 is 1.18 bits per heavy atom. The van der Waals surface area contributed by atoms with Crippen LogP contribution in [0.2, 0.25) is 0 Å². The van der Waals surface area contributed by atoms with E-state index in [1.165, 1.54) is 18.4 Å². The van der Waals surface area contributed by atoms with Crippen LogP contribution in [0.1, 0.15) is 38.2 Å². The van der Waals surface area contributed by atoms with Gasteiger partial charge in [0.25, 0.3) is 0 Å². The molecule has 1 aliphatic heterocycles. The minimum atomic E-state index is 0.177. The molecule has 1 saturated carbocycles. The number of hydrogen-bond donors (Lipinski definition) is 1. The number of anilines is 1. The fraction of sp³-hybridized carbons (Fsp3) is 0.591. The Bertz CT molecular complexity index is 831. The van der Waals surface area contributed by atoms with Crippen molar-refractivity contribution in [2.75, 3.05) is 37.6 Å². The quantitative estimate of drug-likeness (QED) is 0.882. The van der Waals surface area contributed by atoms with Gasteiger partial charge in [0, 0.05) is 37.6 Å². The van der Waals surface area contributed by atoms with Gasteiger partial charge in [-0.2, -0.15) is 0 Å². The van der Waals surface area contributed by atoms with Crippen LogP contribution in [-0.2, 0) is 4.79 Å². The van der Waals surface area contributed by atoms with Gasteiger partial charge in [-0.15, -0.1) is 0 Å². The molecule has 4 rings (SSSR count). The Kier molecular flexibility index (Phi) is 5.76. The number of nitrogens with one attached hydrogen (secondary N) is 1. The minimum Gasteiger partial charge on any atom is -0.353 e. The number of amides is 1. The molecule has 1 aliphatic carbocycles. The Labute approximate surface area is 167 Å². The molecule has 6 heteroatoms. The lowest BCUT2D eigenvalue weighted by Crippen LogP contribution is -2.51. The van der Waals surface area contributed by atoms with Crippen LogP contribution >= 0.6 is 0 Å². The monoisotopic (exact) mass is 381 g/mol. The summed E-state index contributed by atoms with van der Waals surface area (Å²) in [7, 11) is 0. The van der Waals surface area contributed by atoms with Crippen LogP contribution < -0.4 is 10.2 Å². The number of hydrogen-bond acceptors (Lipinski definition) is 5. The van der Waals surface area contributed by atoms with Crippen LogP contribution in [0.4, 0.5) is 5.82 Å². The summed E-state index contributed by atoms with van der Waals surface area (Å²) in [5.74, 6) is 1.92.